The number of para-hydroxylation sites is 2. The lowest BCUT2D eigenvalue weighted by Gasteiger charge is -2.35. The van der Waals surface area contributed by atoms with Crippen LogP contribution in [-0.4, -0.2) is 36.9 Å². The topological polar surface area (TPSA) is 87.7 Å². The molecule has 7 nitrogen and oxygen atoms in total. The molecule has 3 amide bonds. The van der Waals surface area contributed by atoms with Crippen molar-refractivity contribution in [1.29, 1.82) is 0 Å². The second-order valence-electron chi connectivity index (χ2n) is 7.24. The number of amides is 3. The van der Waals surface area contributed by atoms with Gasteiger partial charge in [0.05, 0.1) is 24.7 Å². The van der Waals surface area contributed by atoms with E-state index in [1.807, 2.05) is 43.3 Å². The molecule has 2 aromatic carbocycles. The van der Waals surface area contributed by atoms with Crippen molar-refractivity contribution < 1.29 is 19.1 Å². The lowest BCUT2D eigenvalue weighted by molar-refractivity contribution is -0.128. The van der Waals surface area contributed by atoms with Crippen LogP contribution in [0.3, 0.4) is 0 Å². The quantitative estimate of drug-likeness (QED) is 0.736. The predicted molar refractivity (Wildman–Crippen MR) is 114 cm³/mol. The number of carbonyl (C=O) groups is 3. The van der Waals surface area contributed by atoms with Crippen LogP contribution in [0, 0.1) is 0 Å². The average molecular weight is 409 g/mol. The molecule has 0 aromatic heterocycles. The molecule has 0 saturated heterocycles. The Bertz CT molecular complexity index is 900. The van der Waals surface area contributed by atoms with E-state index in [0.717, 1.165) is 12.0 Å². The number of nitrogens with one attached hydrogen (secondary N) is 2. The van der Waals surface area contributed by atoms with Gasteiger partial charge >= 0.3 is 0 Å². The average Bonchev–Trinajstić information content (AvgIpc) is 2.76. The molecule has 0 fully saturated rings. The highest BCUT2D eigenvalue weighted by Crippen LogP contribution is 2.34. The Hall–Kier alpha value is -3.35. The Morgan fingerprint density at radius 1 is 1.10 bits per heavy atom. The highest BCUT2D eigenvalue weighted by molar-refractivity contribution is 5.97. The molecule has 0 unspecified atom stereocenters. The van der Waals surface area contributed by atoms with Gasteiger partial charge in [-0.15, -0.1) is 0 Å². The number of hydrogen-bond donors (Lipinski definition) is 2. The zero-order valence-electron chi connectivity index (χ0n) is 17.3. The summed E-state index contributed by atoms with van der Waals surface area (Å²) in [5, 5.41) is 5.68. The zero-order valence-corrected chi connectivity index (χ0v) is 17.3. The summed E-state index contributed by atoms with van der Waals surface area (Å²) < 4.78 is 5.85. The zero-order chi connectivity index (χ0) is 21.5. The molecular formula is C23H27N3O4. The molecule has 30 heavy (non-hydrogen) atoms. The van der Waals surface area contributed by atoms with Gasteiger partial charge in [-0.05, 0) is 24.1 Å². The molecule has 1 aliphatic heterocycles. The lowest BCUT2D eigenvalue weighted by atomic mass is 10.0. The van der Waals surface area contributed by atoms with Gasteiger partial charge in [0, 0.05) is 13.5 Å². The number of ether oxygens (including phenoxy) is 1. The largest absolute Gasteiger partial charge is 0.477 e. The third kappa shape index (κ3) is 5.17. The van der Waals surface area contributed by atoms with E-state index in [0.29, 0.717) is 18.0 Å². The van der Waals surface area contributed by atoms with Gasteiger partial charge in [0.25, 0.3) is 5.91 Å². The van der Waals surface area contributed by atoms with Crippen LogP contribution in [0.1, 0.15) is 38.3 Å². The van der Waals surface area contributed by atoms with Crippen LogP contribution < -0.4 is 20.3 Å². The third-order valence-corrected chi connectivity index (χ3v) is 4.87. The van der Waals surface area contributed by atoms with E-state index in [9.17, 15) is 14.4 Å². The van der Waals surface area contributed by atoms with E-state index < -0.39 is 12.1 Å². The molecule has 7 heteroatoms. The number of nitrogens with zero attached hydrogens (tertiary/aromatic N) is 1. The van der Waals surface area contributed by atoms with Crippen LogP contribution in [-0.2, 0) is 14.4 Å². The van der Waals surface area contributed by atoms with Crippen molar-refractivity contribution in [3.05, 3.63) is 60.2 Å². The Morgan fingerprint density at radius 3 is 2.50 bits per heavy atom. The van der Waals surface area contributed by atoms with Crippen molar-refractivity contribution in [2.24, 2.45) is 0 Å². The van der Waals surface area contributed by atoms with Crippen molar-refractivity contribution >= 4 is 23.4 Å². The summed E-state index contributed by atoms with van der Waals surface area (Å²) in [6.07, 6.45) is 0.0975. The van der Waals surface area contributed by atoms with Crippen LogP contribution in [0.5, 0.6) is 5.75 Å². The minimum absolute atomic E-state index is 0.0707. The minimum atomic E-state index is -0.786. The summed E-state index contributed by atoms with van der Waals surface area (Å²) in [6.45, 7) is 4.07. The van der Waals surface area contributed by atoms with E-state index in [1.54, 1.807) is 23.1 Å². The molecule has 0 saturated carbocycles. The van der Waals surface area contributed by atoms with Gasteiger partial charge in [-0.25, -0.2) is 0 Å². The van der Waals surface area contributed by atoms with Crippen molar-refractivity contribution in [2.75, 3.05) is 18.0 Å². The number of fused-ring (bicyclic) bond motifs is 1. The van der Waals surface area contributed by atoms with E-state index in [4.69, 9.17) is 4.74 Å². The standard InChI is InChI=1S/C23H27N3O4/c1-3-13-24-23(29)21-15-26(19-11-7-8-12-20(19)30-21)22(28)14-18(25-16(2)27)17-9-5-4-6-10-17/h4-12,18,21H,3,13-15H2,1-2H3,(H,24,29)(H,25,27)/t18-,21+/m0/s1. The first-order valence-electron chi connectivity index (χ1n) is 10.2. The molecule has 2 atom stereocenters. The van der Waals surface area contributed by atoms with Crippen molar-refractivity contribution in [3.63, 3.8) is 0 Å². The number of benzene rings is 2. The first-order valence-corrected chi connectivity index (χ1v) is 10.2. The van der Waals surface area contributed by atoms with Gasteiger partial charge in [0.15, 0.2) is 6.10 Å². The normalized spacial score (nSPS) is 16.1. The summed E-state index contributed by atoms with van der Waals surface area (Å²) in [5.41, 5.74) is 1.47. The second-order valence-corrected chi connectivity index (χ2v) is 7.24. The second kappa shape index (κ2) is 9.91. The number of hydrogen-bond acceptors (Lipinski definition) is 4. The number of rotatable bonds is 7. The van der Waals surface area contributed by atoms with E-state index in [-0.39, 0.29) is 30.7 Å². The van der Waals surface area contributed by atoms with Gasteiger partial charge < -0.3 is 20.3 Å². The van der Waals surface area contributed by atoms with Crippen LogP contribution in [0.4, 0.5) is 5.69 Å². The van der Waals surface area contributed by atoms with Gasteiger partial charge in [0.1, 0.15) is 5.75 Å². The molecule has 1 heterocycles. The molecule has 2 N–H and O–H groups in total. The van der Waals surface area contributed by atoms with Crippen molar-refractivity contribution in [2.45, 2.75) is 38.8 Å². The monoisotopic (exact) mass is 409 g/mol. The summed E-state index contributed by atoms with van der Waals surface area (Å²) in [7, 11) is 0. The summed E-state index contributed by atoms with van der Waals surface area (Å²) in [5.74, 6) is -0.160. The fourth-order valence-electron chi connectivity index (χ4n) is 3.44. The fraction of sp³-hybridized carbons (Fsp3) is 0.348. The van der Waals surface area contributed by atoms with Crippen molar-refractivity contribution in [3.8, 4) is 5.75 Å². The molecule has 1 aliphatic rings. The molecule has 3 rings (SSSR count). The Balaban J connectivity index is 1.83. The molecule has 0 bridgehead atoms. The molecule has 0 spiro atoms. The SMILES string of the molecule is CCCNC(=O)[C@H]1CN(C(=O)C[C@H](NC(C)=O)c2ccccc2)c2ccccc2O1. The molecule has 0 aliphatic carbocycles. The molecule has 158 valence electrons. The molecule has 2 aromatic rings. The van der Waals surface area contributed by atoms with Gasteiger partial charge in [-0.1, -0.05) is 49.4 Å². The van der Waals surface area contributed by atoms with Crippen molar-refractivity contribution in [1.82, 2.24) is 10.6 Å². The third-order valence-electron chi connectivity index (χ3n) is 4.87. The fourth-order valence-corrected chi connectivity index (χ4v) is 3.44. The smallest absolute Gasteiger partial charge is 0.262 e. The Morgan fingerprint density at radius 2 is 1.80 bits per heavy atom. The van der Waals surface area contributed by atoms with E-state index in [1.165, 1.54) is 6.92 Å². The first-order chi connectivity index (χ1) is 14.5. The first kappa shape index (κ1) is 21.4. The number of anilines is 1. The Kier molecular flexibility index (Phi) is 7.06. The summed E-state index contributed by atoms with van der Waals surface area (Å²) in [4.78, 5) is 39.1. The van der Waals surface area contributed by atoms with Gasteiger partial charge in [0.2, 0.25) is 11.8 Å². The number of carbonyl (C=O) groups excluding carboxylic acids is 3. The van der Waals surface area contributed by atoms with E-state index in [2.05, 4.69) is 10.6 Å². The predicted octanol–water partition coefficient (Wildman–Crippen LogP) is 2.57. The molecule has 0 radical (unpaired) electrons. The van der Waals surface area contributed by atoms with Crippen LogP contribution in [0.25, 0.3) is 0 Å². The highest BCUT2D eigenvalue weighted by Gasteiger charge is 2.34. The molecular weight excluding hydrogens is 382 g/mol. The Labute approximate surface area is 176 Å². The van der Waals surface area contributed by atoms with Crippen LogP contribution in [0.15, 0.2) is 54.6 Å². The maximum absolute atomic E-state index is 13.3. The summed E-state index contributed by atoms with van der Waals surface area (Å²) in [6, 6.07) is 16.1. The van der Waals surface area contributed by atoms with Crippen LogP contribution >= 0.6 is 0 Å². The van der Waals surface area contributed by atoms with Crippen LogP contribution in [0.2, 0.25) is 0 Å². The van der Waals surface area contributed by atoms with E-state index >= 15 is 0 Å². The lowest BCUT2D eigenvalue weighted by Crippen LogP contribution is -2.51. The maximum atomic E-state index is 13.3. The minimum Gasteiger partial charge on any atom is -0.477 e. The van der Waals surface area contributed by atoms with Gasteiger partial charge in [-0.3, -0.25) is 14.4 Å². The highest BCUT2D eigenvalue weighted by atomic mass is 16.5. The maximum Gasteiger partial charge on any atom is 0.262 e. The van der Waals surface area contributed by atoms with Gasteiger partial charge in [-0.2, -0.15) is 0 Å². The summed E-state index contributed by atoms with van der Waals surface area (Å²) >= 11 is 0.